The molecule has 0 saturated carbocycles. The third-order valence-electron chi connectivity index (χ3n) is 1.62. The van der Waals surface area contributed by atoms with Gasteiger partial charge in [0.05, 0.1) is 5.76 Å². The van der Waals surface area contributed by atoms with Crippen LogP contribution in [0.25, 0.3) is 0 Å². The van der Waals surface area contributed by atoms with Gasteiger partial charge in [-0.15, -0.1) is 0 Å². The van der Waals surface area contributed by atoms with E-state index in [9.17, 15) is 0 Å². The first kappa shape index (κ1) is 8.91. The minimum atomic E-state index is 0.722. The Morgan fingerprint density at radius 1 is 1.33 bits per heavy atom. The Morgan fingerprint density at radius 3 is 3.00 bits per heavy atom. The van der Waals surface area contributed by atoms with Crippen LogP contribution < -0.4 is 5.32 Å². The molecular weight excluding hydrogens is 150 g/mol. The lowest BCUT2D eigenvalue weighted by Crippen LogP contribution is -2.13. The smallest absolute Gasteiger partial charge is 0.105 e. The van der Waals surface area contributed by atoms with Crippen molar-refractivity contribution in [1.29, 1.82) is 0 Å². The van der Waals surface area contributed by atoms with Crippen LogP contribution in [0.1, 0.15) is 13.8 Å². The quantitative estimate of drug-likeness (QED) is 0.592. The normalized spacial score (nSPS) is 29.8. The summed E-state index contributed by atoms with van der Waals surface area (Å²) in [7, 11) is 0. The lowest BCUT2D eigenvalue weighted by Gasteiger charge is -2.06. The van der Waals surface area contributed by atoms with Gasteiger partial charge in [-0.25, -0.2) is 0 Å². The SMILES string of the molecule is CC1=C/C=C(\C)OCCN\C=C\1. The number of allylic oxidation sites excluding steroid dienone is 5. The summed E-state index contributed by atoms with van der Waals surface area (Å²) in [5.41, 5.74) is 1.22. The van der Waals surface area contributed by atoms with E-state index in [0.717, 1.165) is 18.9 Å². The molecule has 0 bridgehead atoms. The lowest BCUT2D eigenvalue weighted by atomic mass is 10.2. The Labute approximate surface area is 73.6 Å². The molecule has 1 aliphatic heterocycles. The average molecular weight is 165 g/mol. The van der Waals surface area contributed by atoms with E-state index in [1.807, 2.05) is 25.3 Å². The van der Waals surface area contributed by atoms with Crippen LogP contribution in [-0.4, -0.2) is 13.2 Å². The zero-order chi connectivity index (χ0) is 8.81. The highest BCUT2D eigenvalue weighted by Crippen LogP contribution is 2.01. The molecule has 0 radical (unpaired) electrons. The zero-order valence-electron chi connectivity index (χ0n) is 7.63. The van der Waals surface area contributed by atoms with E-state index in [4.69, 9.17) is 4.74 Å². The van der Waals surface area contributed by atoms with E-state index in [2.05, 4.69) is 18.3 Å². The van der Waals surface area contributed by atoms with Crippen LogP contribution in [0.5, 0.6) is 0 Å². The monoisotopic (exact) mass is 165 g/mol. The molecule has 0 unspecified atom stereocenters. The molecule has 0 amide bonds. The second-order valence-corrected chi connectivity index (χ2v) is 2.82. The first-order valence-electron chi connectivity index (χ1n) is 4.17. The number of nitrogens with one attached hydrogen (secondary N) is 1. The van der Waals surface area contributed by atoms with Crippen molar-refractivity contribution in [2.24, 2.45) is 0 Å². The summed E-state index contributed by atoms with van der Waals surface area (Å²) in [5, 5.41) is 3.13. The average Bonchev–Trinajstić information content (AvgIpc) is 2.07. The number of hydrogen-bond acceptors (Lipinski definition) is 2. The van der Waals surface area contributed by atoms with Crippen molar-refractivity contribution in [3.05, 3.63) is 35.8 Å². The standard InChI is InChI=1S/C10H15NO/c1-9-3-4-10(2)12-8-7-11-6-5-9/h3-6,11H,7-8H2,1-2H3/b6-5+,9-3-,10-4+. The van der Waals surface area contributed by atoms with Gasteiger partial charge in [0, 0.05) is 6.54 Å². The first-order chi connectivity index (χ1) is 5.79. The predicted molar refractivity (Wildman–Crippen MR) is 50.6 cm³/mol. The molecule has 0 atom stereocenters. The Balaban J connectivity index is 2.67. The molecule has 0 aromatic rings. The van der Waals surface area contributed by atoms with Crippen molar-refractivity contribution in [2.45, 2.75) is 13.8 Å². The molecule has 66 valence electrons. The highest BCUT2D eigenvalue weighted by atomic mass is 16.5. The maximum Gasteiger partial charge on any atom is 0.105 e. The molecule has 2 nitrogen and oxygen atoms in total. The summed E-state index contributed by atoms with van der Waals surface area (Å²) in [4.78, 5) is 0. The van der Waals surface area contributed by atoms with Gasteiger partial charge < -0.3 is 10.1 Å². The minimum absolute atomic E-state index is 0.722. The van der Waals surface area contributed by atoms with Gasteiger partial charge in [0.25, 0.3) is 0 Å². The number of hydrogen-bond donors (Lipinski definition) is 1. The van der Waals surface area contributed by atoms with Gasteiger partial charge in [-0.2, -0.15) is 0 Å². The van der Waals surface area contributed by atoms with Gasteiger partial charge in [-0.1, -0.05) is 6.08 Å². The Bertz CT molecular complexity index is 226. The molecule has 0 aromatic carbocycles. The summed E-state index contributed by atoms with van der Waals surface area (Å²) >= 11 is 0. The van der Waals surface area contributed by atoms with Crippen LogP contribution in [0.3, 0.4) is 0 Å². The van der Waals surface area contributed by atoms with Gasteiger partial charge in [0.2, 0.25) is 0 Å². The second-order valence-electron chi connectivity index (χ2n) is 2.82. The highest BCUT2D eigenvalue weighted by molar-refractivity contribution is 5.22. The maximum absolute atomic E-state index is 5.39. The molecule has 2 heteroatoms. The van der Waals surface area contributed by atoms with Gasteiger partial charge in [0.1, 0.15) is 6.61 Å². The molecule has 0 aromatic heterocycles. The Morgan fingerprint density at radius 2 is 2.17 bits per heavy atom. The van der Waals surface area contributed by atoms with Gasteiger partial charge >= 0.3 is 0 Å². The first-order valence-corrected chi connectivity index (χ1v) is 4.17. The van der Waals surface area contributed by atoms with Crippen molar-refractivity contribution in [3.63, 3.8) is 0 Å². The molecule has 0 fully saturated rings. The molecule has 1 rings (SSSR count). The van der Waals surface area contributed by atoms with Crippen LogP contribution in [0.4, 0.5) is 0 Å². The van der Waals surface area contributed by atoms with E-state index in [1.165, 1.54) is 5.57 Å². The van der Waals surface area contributed by atoms with Gasteiger partial charge in [-0.3, -0.25) is 0 Å². The van der Waals surface area contributed by atoms with Crippen molar-refractivity contribution in [2.75, 3.05) is 13.2 Å². The molecule has 0 aliphatic carbocycles. The summed E-state index contributed by atoms with van der Waals surface area (Å²) < 4.78 is 5.39. The highest BCUT2D eigenvalue weighted by Gasteiger charge is 1.90. The van der Waals surface area contributed by atoms with Crippen molar-refractivity contribution in [3.8, 4) is 0 Å². The van der Waals surface area contributed by atoms with Gasteiger partial charge in [0.15, 0.2) is 0 Å². The van der Waals surface area contributed by atoms with Crippen molar-refractivity contribution >= 4 is 0 Å². The van der Waals surface area contributed by atoms with Gasteiger partial charge in [-0.05, 0) is 37.8 Å². The van der Waals surface area contributed by atoms with Crippen molar-refractivity contribution < 1.29 is 4.74 Å². The van der Waals surface area contributed by atoms with E-state index < -0.39 is 0 Å². The maximum atomic E-state index is 5.39. The molecule has 12 heavy (non-hydrogen) atoms. The summed E-state index contributed by atoms with van der Waals surface area (Å²) in [6.45, 7) is 5.60. The van der Waals surface area contributed by atoms with E-state index in [0.29, 0.717) is 0 Å². The second kappa shape index (κ2) is 4.65. The summed E-state index contributed by atoms with van der Waals surface area (Å²) in [5.74, 6) is 0.964. The fourth-order valence-electron chi connectivity index (χ4n) is 0.897. The van der Waals surface area contributed by atoms with Crippen LogP contribution in [-0.2, 0) is 4.74 Å². The molecule has 0 spiro atoms. The van der Waals surface area contributed by atoms with E-state index >= 15 is 0 Å². The van der Waals surface area contributed by atoms with Crippen LogP contribution in [0.15, 0.2) is 35.8 Å². The van der Waals surface area contributed by atoms with Crippen molar-refractivity contribution in [1.82, 2.24) is 5.32 Å². The topological polar surface area (TPSA) is 21.3 Å². The summed E-state index contributed by atoms with van der Waals surface area (Å²) in [6.07, 6.45) is 8.03. The Kier molecular flexibility index (Phi) is 3.45. The largest absolute Gasteiger partial charge is 0.496 e. The lowest BCUT2D eigenvalue weighted by molar-refractivity contribution is 0.218. The van der Waals surface area contributed by atoms with E-state index in [1.54, 1.807) is 0 Å². The Hall–Kier alpha value is -1.18. The molecule has 1 heterocycles. The molecule has 1 aliphatic rings. The zero-order valence-corrected chi connectivity index (χ0v) is 7.63. The molecular formula is C10H15NO. The minimum Gasteiger partial charge on any atom is -0.496 e. The fraction of sp³-hybridized carbons (Fsp3) is 0.400. The van der Waals surface area contributed by atoms with Crippen LogP contribution in [0, 0.1) is 0 Å². The van der Waals surface area contributed by atoms with Crippen LogP contribution >= 0.6 is 0 Å². The predicted octanol–water partition coefficient (Wildman–Crippen LogP) is 1.97. The number of ether oxygens (including phenoxy) is 1. The number of rotatable bonds is 0. The third-order valence-corrected chi connectivity index (χ3v) is 1.62. The summed E-state index contributed by atoms with van der Waals surface area (Å²) in [6, 6.07) is 0. The fourth-order valence-corrected chi connectivity index (χ4v) is 0.897. The van der Waals surface area contributed by atoms with E-state index in [-0.39, 0.29) is 0 Å². The third kappa shape index (κ3) is 3.28. The molecule has 1 N–H and O–H groups in total. The molecule has 0 saturated heterocycles. The van der Waals surface area contributed by atoms with Crippen LogP contribution in [0.2, 0.25) is 0 Å².